The number of pyridine rings is 2. The van der Waals surface area contributed by atoms with Crippen LogP contribution in [0.15, 0.2) is 30.5 Å². The standard InChI is InChI=1S/C10H11N3.CH2N2/c1-13(2)9-6-5-8-4-3-7-11-10(8)12-9;2-1-3/h3-7H,1-2H3;2-3H. The van der Waals surface area contributed by atoms with Gasteiger partial charge in [-0.3, -0.25) is 0 Å². The fourth-order valence-corrected chi connectivity index (χ4v) is 1.19. The van der Waals surface area contributed by atoms with Crippen LogP contribution < -0.4 is 4.90 Å². The summed E-state index contributed by atoms with van der Waals surface area (Å²) in [7, 11) is 3.94. The second-order valence-corrected chi connectivity index (χ2v) is 3.24. The topological polar surface area (TPSA) is 76.7 Å². The minimum Gasteiger partial charge on any atom is -0.363 e. The maximum Gasteiger partial charge on any atom is 0.161 e. The lowest BCUT2D eigenvalue weighted by Crippen LogP contribution is -2.10. The first kappa shape index (κ1) is 11.8. The van der Waals surface area contributed by atoms with E-state index in [4.69, 9.17) is 10.8 Å². The quantitative estimate of drug-likeness (QED) is 0.714. The van der Waals surface area contributed by atoms with Crippen LogP contribution in [0, 0.1) is 10.8 Å². The van der Waals surface area contributed by atoms with Crippen LogP contribution in [0.1, 0.15) is 0 Å². The fourth-order valence-electron chi connectivity index (χ4n) is 1.19. The van der Waals surface area contributed by atoms with E-state index in [1.54, 1.807) is 6.20 Å². The normalized spacial score (nSPS) is 8.88. The molecule has 82 valence electrons. The van der Waals surface area contributed by atoms with E-state index in [9.17, 15) is 0 Å². The van der Waals surface area contributed by atoms with Crippen LogP contribution in [-0.4, -0.2) is 30.1 Å². The molecule has 2 heterocycles. The number of fused-ring (bicyclic) bond motifs is 1. The molecule has 0 saturated heterocycles. The summed E-state index contributed by atoms with van der Waals surface area (Å²) in [6.45, 7) is 0. The zero-order valence-electron chi connectivity index (χ0n) is 9.23. The first-order chi connectivity index (χ1) is 7.69. The van der Waals surface area contributed by atoms with Gasteiger partial charge < -0.3 is 4.90 Å². The SMILES string of the molecule is CN(C)c1ccc2cccnc2n1.N=C=N. The molecule has 0 radical (unpaired) electrons. The Morgan fingerprint density at radius 2 is 1.88 bits per heavy atom. The lowest BCUT2D eigenvalue weighted by molar-refractivity contribution is 1.07. The van der Waals surface area contributed by atoms with Crippen LogP contribution in [0.5, 0.6) is 0 Å². The van der Waals surface area contributed by atoms with Crippen molar-refractivity contribution in [2.75, 3.05) is 19.0 Å². The molecular formula is C11H13N5. The maximum atomic E-state index is 5.62. The largest absolute Gasteiger partial charge is 0.363 e. The van der Waals surface area contributed by atoms with Crippen molar-refractivity contribution < 1.29 is 0 Å². The van der Waals surface area contributed by atoms with Gasteiger partial charge in [-0.15, -0.1) is 0 Å². The molecule has 0 aliphatic heterocycles. The number of hydrogen-bond acceptors (Lipinski definition) is 5. The molecule has 0 unspecified atom stereocenters. The number of aromatic nitrogens is 2. The Balaban J connectivity index is 0.000000386. The fraction of sp³-hybridized carbons (Fsp3) is 0.182. The van der Waals surface area contributed by atoms with Gasteiger partial charge in [0.2, 0.25) is 0 Å². The number of anilines is 1. The first-order valence-electron chi connectivity index (χ1n) is 4.66. The molecule has 2 aromatic heterocycles. The second kappa shape index (κ2) is 5.58. The van der Waals surface area contributed by atoms with Crippen LogP contribution in [0.2, 0.25) is 0 Å². The van der Waals surface area contributed by atoms with E-state index in [1.165, 1.54) is 6.01 Å². The first-order valence-corrected chi connectivity index (χ1v) is 4.66. The highest BCUT2D eigenvalue weighted by Crippen LogP contribution is 2.13. The van der Waals surface area contributed by atoms with Gasteiger partial charge in [-0.05, 0) is 24.3 Å². The van der Waals surface area contributed by atoms with Gasteiger partial charge in [-0.2, -0.15) is 0 Å². The molecule has 5 heteroatoms. The molecule has 0 fully saturated rings. The average Bonchev–Trinajstić information content (AvgIpc) is 2.29. The summed E-state index contributed by atoms with van der Waals surface area (Å²) in [6.07, 6.45) is 1.76. The molecule has 16 heavy (non-hydrogen) atoms. The molecule has 2 N–H and O–H groups in total. The van der Waals surface area contributed by atoms with E-state index < -0.39 is 0 Å². The summed E-state index contributed by atoms with van der Waals surface area (Å²) in [4.78, 5) is 10.5. The van der Waals surface area contributed by atoms with Crippen molar-refractivity contribution in [1.82, 2.24) is 9.97 Å². The van der Waals surface area contributed by atoms with Crippen LogP contribution >= 0.6 is 0 Å². The number of hydrogen-bond donors (Lipinski definition) is 2. The minimum absolute atomic E-state index is 0.800. The summed E-state index contributed by atoms with van der Waals surface area (Å²) in [5.41, 5.74) is 0.800. The third-order valence-electron chi connectivity index (χ3n) is 1.91. The summed E-state index contributed by atoms with van der Waals surface area (Å²) in [6, 6.07) is 9.20. The van der Waals surface area contributed by atoms with Gasteiger partial charge in [0.05, 0.1) is 6.01 Å². The molecule has 0 aliphatic rings. The summed E-state index contributed by atoms with van der Waals surface area (Å²) >= 11 is 0. The van der Waals surface area contributed by atoms with Gasteiger partial charge in [0.15, 0.2) is 5.65 Å². The van der Waals surface area contributed by atoms with Gasteiger partial charge in [0, 0.05) is 25.7 Å². The van der Waals surface area contributed by atoms with Gasteiger partial charge in [0.25, 0.3) is 0 Å². The Labute approximate surface area is 93.8 Å². The van der Waals surface area contributed by atoms with Gasteiger partial charge >= 0.3 is 0 Å². The monoisotopic (exact) mass is 215 g/mol. The summed E-state index contributed by atoms with van der Waals surface area (Å²) in [5.74, 6) is 0.936. The van der Waals surface area contributed by atoms with Crippen molar-refractivity contribution in [2.24, 2.45) is 0 Å². The zero-order valence-corrected chi connectivity index (χ0v) is 9.23. The molecular weight excluding hydrogens is 202 g/mol. The van der Waals surface area contributed by atoms with Crippen LogP contribution in [0.3, 0.4) is 0 Å². The maximum absolute atomic E-state index is 5.62. The zero-order chi connectivity index (χ0) is 12.0. The third-order valence-corrected chi connectivity index (χ3v) is 1.91. The molecule has 2 rings (SSSR count). The smallest absolute Gasteiger partial charge is 0.161 e. The lowest BCUT2D eigenvalue weighted by atomic mass is 10.3. The second-order valence-electron chi connectivity index (χ2n) is 3.24. The highest BCUT2D eigenvalue weighted by Gasteiger charge is 1.98. The summed E-state index contributed by atoms with van der Waals surface area (Å²) in [5, 5.41) is 12.3. The molecule has 0 saturated carbocycles. The number of nitrogens with zero attached hydrogens (tertiary/aromatic N) is 3. The van der Waals surface area contributed by atoms with Crippen molar-refractivity contribution in [1.29, 1.82) is 10.8 Å². The predicted molar refractivity (Wildman–Crippen MR) is 64.3 cm³/mol. The number of nitrogens with one attached hydrogen (secondary N) is 2. The van der Waals surface area contributed by atoms with Crippen molar-refractivity contribution >= 4 is 22.9 Å². The van der Waals surface area contributed by atoms with E-state index in [1.807, 2.05) is 43.3 Å². The van der Waals surface area contributed by atoms with Crippen molar-refractivity contribution in [3.05, 3.63) is 30.5 Å². The van der Waals surface area contributed by atoms with Gasteiger partial charge in [0.1, 0.15) is 5.82 Å². The van der Waals surface area contributed by atoms with Crippen molar-refractivity contribution in [3.8, 4) is 0 Å². The third kappa shape index (κ3) is 2.87. The van der Waals surface area contributed by atoms with Crippen molar-refractivity contribution in [2.45, 2.75) is 0 Å². The Kier molecular flexibility index (Phi) is 4.12. The Morgan fingerprint density at radius 3 is 2.50 bits per heavy atom. The minimum atomic E-state index is 0.800. The van der Waals surface area contributed by atoms with E-state index in [2.05, 4.69) is 9.97 Å². The van der Waals surface area contributed by atoms with E-state index in [0.29, 0.717) is 0 Å². The van der Waals surface area contributed by atoms with Crippen molar-refractivity contribution in [3.63, 3.8) is 0 Å². The Hall–Kier alpha value is -2.26. The van der Waals surface area contributed by atoms with E-state index in [-0.39, 0.29) is 0 Å². The van der Waals surface area contributed by atoms with Gasteiger partial charge in [-0.25, -0.2) is 20.8 Å². The van der Waals surface area contributed by atoms with Crippen LogP contribution in [-0.2, 0) is 0 Å². The van der Waals surface area contributed by atoms with E-state index >= 15 is 0 Å². The van der Waals surface area contributed by atoms with Gasteiger partial charge in [-0.1, -0.05) is 0 Å². The molecule has 0 aliphatic carbocycles. The Morgan fingerprint density at radius 1 is 1.19 bits per heavy atom. The molecule has 5 nitrogen and oxygen atoms in total. The van der Waals surface area contributed by atoms with Crippen LogP contribution in [0.4, 0.5) is 5.82 Å². The molecule has 0 atom stereocenters. The number of rotatable bonds is 1. The molecule has 0 aromatic carbocycles. The average molecular weight is 215 g/mol. The molecule has 2 aromatic rings. The van der Waals surface area contributed by atoms with E-state index in [0.717, 1.165) is 16.9 Å². The molecule has 0 amide bonds. The highest BCUT2D eigenvalue weighted by molar-refractivity contribution is 5.76. The molecule has 0 bridgehead atoms. The summed E-state index contributed by atoms with van der Waals surface area (Å²) < 4.78 is 0. The molecule has 0 spiro atoms. The highest BCUT2D eigenvalue weighted by atomic mass is 15.1. The van der Waals surface area contributed by atoms with Crippen LogP contribution in [0.25, 0.3) is 11.0 Å². The Bertz CT molecular complexity index is 500. The predicted octanol–water partition coefficient (Wildman–Crippen LogP) is 2.01. The lowest BCUT2D eigenvalue weighted by Gasteiger charge is -2.10.